The third-order valence-electron chi connectivity index (χ3n) is 4.43. The van der Waals surface area contributed by atoms with Crippen LogP contribution in [-0.4, -0.2) is 81.1 Å². The number of anilines is 1. The minimum absolute atomic E-state index is 0.0796. The van der Waals surface area contributed by atoms with Crippen LogP contribution in [0.5, 0.6) is 5.75 Å². The number of nitrogens with one attached hydrogen (secondary N) is 1. The standard InChI is InChI=1S/C18H27N3O4/c1-2-24-17-6-4-3-5-16(17)19-18(22)21-9-7-20(8-10-21)13-15-14-23-11-12-25-15/h3-6,15H,2,7-14H2,1H3,(H,19,22)/t15-/m0/s1. The SMILES string of the molecule is CCOc1ccccc1NC(=O)N1CCN(C[C@H]2COCCO2)CC1. The lowest BCUT2D eigenvalue weighted by Gasteiger charge is -2.37. The Morgan fingerprint density at radius 1 is 1.24 bits per heavy atom. The normalized spacial score (nSPS) is 21.8. The number of carbonyl (C=O) groups excluding carboxylic acids is 1. The number of nitrogens with zero attached hydrogens (tertiary/aromatic N) is 2. The highest BCUT2D eigenvalue weighted by Gasteiger charge is 2.25. The van der Waals surface area contributed by atoms with E-state index in [1.54, 1.807) is 0 Å². The number of urea groups is 1. The summed E-state index contributed by atoms with van der Waals surface area (Å²) in [7, 11) is 0. The van der Waals surface area contributed by atoms with Crippen LogP contribution in [0.3, 0.4) is 0 Å². The first kappa shape index (κ1) is 18.0. The Bertz CT molecular complexity index is 555. The van der Waals surface area contributed by atoms with Gasteiger partial charge in [0.2, 0.25) is 0 Å². The molecule has 0 bridgehead atoms. The van der Waals surface area contributed by atoms with E-state index in [0.717, 1.165) is 19.6 Å². The molecule has 0 aliphatic carbocycles. The highest BCUT2D eigenvalue weighted by atomic mass is 16.6. The molecule has 1 N–H and O–H groups in total. The van der Waals surface area contributed by atoms with Gasteiger partial charge in [-0.05, 0) is 19.1 Å². The molecule has 7 nitrogen and oxygen atoms in total. The van der Waals surface area contributed by atoms with Gasteiger partial charge in [-0.3, -0.25) is 4.90 Å². The molecule has 2 saturated heterocycles. The summed E-state index contributed by atoms with van der Waals surface area (Å²) in [6.07, 6.45) is 0.146. The number of hydrogen-bond donors (Lipinski definition) is 1. The molecule has 0 radical (unpaired) electrons. The molecule has 0 aromatic heterocycles. The molecule has 2 aliphatic rings. The molecule has 25 heavy (non-hydrogen) atoms. The van der Waals surface area contributed by atoms with Crippen molar-refractivity contribution in [2.24, 2.45) is 0 Å². The number of hydrogen-bond acceptors (Lipinski definition) is 5. The van der Waals surface area contributed by atoms with Gasteiger partial charge in [-0.2, -0.15) is 0 Å². The Kier molecular flexibility index (Phi) is 6.49. The number of para-hydroxylation sites is 2. The number of amides is 2. The van der Waals surface area contributed by atoms with E-state index in [2.05, 4.69) is 10.2 Å². The van der Waals surface area contributed by atoms with E-state index < -0.39 is 0 Å². The number of benzene rings is 1. The smallest absolute Gasteiger partial charge is 0.322 e. The van der Waals surface area contributed by atoms with E-state index in [4.69, 9.17) is 14.2 Å². The molecule has 2 amide bonds. The molecule has 0 unspecified atom stereocenters. The molecule has 2 aliphatic heterocycles. The summed E-state index contributed by atoms with van der Waals surface area (Å²) < 4.78 is 16.7. The second-order valence-electron chi connectivity index (χ2n) is 6.21. The lowest BCUT2D eigenvalue weighted by Crippen LogP contribution is -2.52. The summed E-state index contributed by atoms with van der Waals surface area (Å²) >= 11 is 0. The van der Waals surface area contributed by atoms with Crippen molar-refractivity contribution in [2.75, 3.05) is 64.5 Å². The maximum absolute atomic E-state index is 12.5. The first-order valence-electron chi connectivity index (χ1n) is 8.95. The zero-order chi connectivity index (χ0) is 17.5. The van der Waals surface area contributed by atoms with Gasteiger partial charge in [0.05, 0.1) is 38.2 Å². The first-order valence-corrected chi connectivity index (χ1v) is 8.95. The summed E-state index contributed by atoms with van der Waals surface area (Å²) in [4.78, 5) is 16.7. The van der Waals surface area contributed by atoms with Crippen LogP contribution in [0, 0.1) is 0 Å². The average Bonchev–Trinajstić information content (AvgIpc) is 2.65. The van der Waals surface area contributed by atoms with Gasteiger partial charge in [0.1, 0.15) is 5.75 Å². The van der Waals surface area contributed by atoms with Gasteiger partial charge in [-0.1, -0.05) is 12.1 Å². The number of carbonyl (C=O) groups is 1. The minimum atomic E-state index is -0.0796. The van der Waals surface area contributed by atoms with Gasteiger partial charge in [-0.25, -0.2) is 4.79 Å². The van der Waals surface area contributed by atoms with Crippen LogP contribution in [0.2, 0.25) is 0 Å². The number of rotatable bonds is 5. The number of ether oxygens (including phenoxy) is 3. The first-order chi connectivity index (χ1) is 12.3. The topological polar surface area (TPSA) is 63.3 Å². The molecule has 138 valence electrons. The Labute approximate surface area is 148 Å². The number of piperazine rings is 1. The van der Waals surface area contributed by atoms with Crippen molar-refractivity contribution in [2.45, 2.75) is 13.0 Å². The largest absolute Gasteiger partial charge is 0.492 e. The molecule has 1 aromatic carbocycles. The Morgan fingerprint density at radius 2 is 2.04 bits per heavy atom. The zero-order valence-electron chi connectivity index (χ0n) is 14.8. The lowest BCUT2D eigenvalue weighted by molar-refractivity contribution is -0.0992. The molecule has 2 fully saturated rings. The molecule has 2 heterocycles. The van der Waals surface area contributed by atoms with Crippen molar-refractivity contribution in [1.82, 2.24) is 9.80 Å². The van der Waals surface area contributed by atoms with Crippen molar-refractivity contribution in [3.63, 3.8) is 0 Å². The fourth-order valence-electron chi connectivity index (χ4n) is 3.11. The monoisotopic (exact) mass is 349 g/mol. The van der Waals surface area contributed by atoms with Crippen LogP contribution < -0.4 is 10.1 Å². The summed E-state index contributed by atoms with van der Waals surface area (Å²) in [6.45, 7) is 8.49. The molecule has 3 rings (SSSR count). The maximum atomic E-state index is 12.5. The van der Waals surface area contributed by atoms with Gasteiger partial charge >= 0.3 is 6.03 Å². The highest BCUT2D eigenvalue weighted by molar-refractivity contribution is 5.91. The van der Waals surface area contributed by atoms with Crippen molar-refractivity contribution in [3.8, 4) is 5.75 Å². The van der Waals surface area contributed by atoms with Crippen molar-refractivity contribution in [1.29, 1.82) is 0 Å². The molecule has 1 atom stereocenters. The Balaban J connectivity index is 1.47. The van der Waals surface area contributed by atoms with Crippen LogP contribution >= 0.6 is 0 Å². The van der Waals surface area contributed by atoms with Crippen LogP contribution in [0.25, 0.3) is 0 Å². The van der Waals surface area contributed by atoms with E-state index in [-0.39, 0.29) is 12.1 Å². The summed E-state index contributed by atoms with van der Waals surface area (Å²) in [6, 6.07) is 7.44. The summed E-state index contributed by atoms with van der Waals surface area (Å²) in [5.41, 5.74) is 0.713. The zero-order valence-corrected chi connectivity index (χ0v) is 14.8. The molecule has 0 saturated carbocycles. The molecule has 0 spiro atoms. The van der Waals surface area contributed by atoms with E-state index in [1.165, 1.54) is 0 Å². The van der Waals surface area contributed by atoms with Crippen LogP contribution in [0.4, 0.5) is 10.5 Å². The van der Waals surface area contributed by atoms with Gasteiger partial charge in [-0.15, -0.1) is 0 Å². The average molecular weight is 349 g/mol. The van der Waals surface area contributed by atoms with E-state index >= 15 is 0 Å². The minimum Gasteiger partial charge on any atom is -0.492 e. The van der Waals surface area contributed by atoms with Crippen molar-refractivity contribution < 1.29 is 19.0 Å². The fraction of sp³-hybridized carbons (Fsp3) is 0.611. The van der Waals surface area contributed by atoms with Crippen LogP contribution in [0.15, 0.2) is 24.3 Å². The van der Waals surface area contributed by atoms with Crippen LogP contribution in [0.1, 0.15) is 6.92 Å². The summed E-state index contributed by atoms with van der Waals surface area (Å²) in [5.74, 6) is 0.700. The van der Waals surface area contributed by atoms with E-state index in [0.29, 0.717) is 51.0 Å². The molecule has 1 aromatic rings. The molecular formula is C18H27N3O4. The van der Waals surface area contributed by atoms with Gasteiger partial charge < -0.3 is 24.4 Å². The van der Waals surface area contributed by atoms with Crippen LogP contribution in [-0.2, 0) is 9.47 Å². The second kappa shape index (κ2) is 9.03. The quantitative estimate of drug-likeness (QED) is 0.876. The highest BCUT2D eigenvalue weighted by Crippen LogP contribution is 2.24. The van der Waals surface area contributed by atoms with Crippen molar-refractivity contribution in [3.05, 3.63) is 24.3 Å². The van der Waals surface area contributed by atoms with Gasteiger partial charge in [0.25, 0.3) is 0 Å². The summed E-state index contributed by atoms with van der Waals surface area (Å²) in [5, 5.41) is 2.96. The second-order valence-corrected chi connectivity index (χ2v) is 6.21. The third-order valence-corrected chi connectivity index (χ3v) is 4.43. The van der Waals surface area contributed by atoms with Crippen molar-refractivity contribution >= 4 is 11.7 Å². The van der Waals surface area contributed by atoms with E-state index in [1.807, 2.05) is 36.1 Å². The van der Waals surface area contributed by atoms with Gasteiger partial charge in [0.15, 0.2) is 0 Å². The Hall–Kier alpha value is -1.83. The molecule has 7 heteroatoms. The Morgan fingerprint density at radius 3 is 2.76 bits per heavy atom. The van der Waals surface area contributed by atoms with Gasteiger partial charge in [0, 0.05) is 32.7 Å². The maximum Gasteiger partial charge on any atom is 0.322 e. The molecular weight excluding hydrogens is 322 g/mol. The fourth-order valence-corrected chi connectivity index (χ4v) is 3.11. The third kappa shape index (κ3) is 5.07. The predicted octanol–water partition coefficient (Wildman–Crippen LogP) is 1.65. The predicted molar refractivity (Wildman–Crippen MR) is 95.2 cm³/mol. The van der Waals surface area contributed by atoms with E-state index in [9.17, 15) is 4.79 Å². The lowest BCUT2D eigenvalue weighted by atomic mass is 10.2.